The molecule has 1 aliphatic carbocycles. The molecule has 0 aromatic carbocycles. The molecule has 0 spiro atoms. The third kappa shape index (κ3) is 0.902. The normalized spacial score (nSPS) is 17.7. The molecule has 54 valence electrons. The van der Waals surface area contributed by atoms with Crippen LogP contribution in [0.25, 0.3) is 0 Å². The molecule has 0 saturated heterocycles. The monoisotopic (exact) mass is 249 g/mol. The van der Waals surface area contributed by atoms with Gasteiger partial charge < -0.3 is 5.73 Å². The summed E-state index contributed by atoms with van der Waals surface area (Å²) in [6.07, 6.45) is 4.29. The van der Waals surface area contributed by atoms with Gasteiger partial charge in [-0.15, -0.1) is 0 Å². The number of aromatic nitrogens is 2. The standard InChI is InChI=1S/C6H8IN3/c7-5-3-9-10(6(5)8)4-1-2-4/h3-4H,1-2,8H2. The highest BCUT2D eigenvalue weighted by atomic mass is 127. The predicted molar refractivity (Wildman–Crippen MR) is 47.6 cm³/mol. The molecule has 1 aromatic rings. The summed E-state index contributed by atoms with van der Waals surface area (Å²) in [5, 5.41) is 4.16. The average Bonchev–Trinajstić information content (AvgIpc) is 2.67. The number of anilines is 1. The van der Waals surface area contributed by atoms with E-state index in [1.807, 2.05) is 10.9 Å². The van der Waals surface area contributed by atoms with Crippen LogP contribution in [0.3, 0.4) is 0 Å². The number of nitrogens with zero attached hydrogens (tertiary/aromatic N) is 2. The third-order valence-corrected chi connectivity index (χ3v) is 2.51. The van der Waals surface area contributed by atoms with Crippen LogP contribution in [0.1, 0.15) is 18.9 Å². The number of hydrogen-bond donors (Lipinski definition) is 1. The summed E-state index contributed by atoms with van der Waals surface area (Å²) in [5.74, 6) is 0.822. The zero-order chi connectivity index (χ0) is 7.14. The fraction of sp³-hybridized carbons (Fsp3) is 0.500. The molecule has 0 unspecified atom stereocenters. The molecule has 0 bridgehead atoms. The maximum atomic E-state index is 5.74. The van der Waals surface area contributed by atoms with Crippen LogP contribution < -0.4 is 5.73 Å². The summed E-state index contributed by atoms with van der Waals surface area (Å²) < 4.78 is 2.98. The molecule has 2 N–H and O–H groups in total. The van der Waals surface area contributed by atoms with E-state index >= 15 is 0 Å². The first-order chi connectivity index (χ1) is 4.79. The van der Waals surface area contributed by atoms with E-state index in [9.17, 15) is 0 Å². The Hall–Kier alpha value is -0.260. The Morgan fingerprint density at radius 3 is 2.80 bits per heavy atom. The molecule has 1 aliphatic rings. The molecule has 1 saturated carbocycles. The first-order valence-corrected chi connectivity index (χ1v) is 4.35. The van der Waals surface area contributed by atoms with Crippen LogP contribution in [0.4, 0.5) is 5.82 Å². The van der Waals surface area contributed by atoms with Gasteiger partial charge in [0.25, 0.3) is 0 Å². The Balaban J connectivity index is 2.40. The van der Waals surface area contributed by atoms with Crippen molar-refractivity contribution in [1.82, 2.24) is 9.78 Å². The van der Waals surface area contributed by atoms with E-state index in [2.05, 4.69) is 27.7 Å². The molecule has 3 nitrogen and oxygen atoms in total. The highest BCUT2D eigenvalue weighted by Gasteiger charge is 2.26. The zero-order valence-electron chi connectivity index (χ0n) is 5.42. The summed E-state index contributed by atoms with van der Waals surface area (Å²) in [6.45, 7) is 0. The van der Waals surface area contributed by atoms with Crippen LogP contribution in [0.2, 0.25) is 0 Å². The number of rotatable bonds is 1. The Kier molecular flexibility index (Phi) is 1.36. The Morgan fingerprint density at radius 2 is 2.40 bits per heavy atom. The van der Waals surface area contributed by atoms with Crippen molar-refractivity contribution in [1.29, 1.82) is 0 Å². The van der Waals surface area contributed by atoms with Crippen molar-refractivity contribution in [3.05, 3.63) is 9.77 Å². The number of hydrogen-bond acceptors (Lipinski definition) is 2. The Morgan fingerprint density at radius 1 is 1.70 bits per heavy atom. The van der Waals surface area contributed by atoms with Gasteiger partial charge in [0.1, 0.15) is 5.82 Å². The van der Waals surface area contributed by atoms with Gasteiger partial charge in [-0.1, -0.05) is 0 Å². The largest absolute Gasteiger partial charge is 0.383 e. The second-order valence-corrected chi connectivity index (χ2v) is 3.72. The van der Waals surface area contributed by atoms with Crippen molar-refractivity contribution < 1.29 is 0 Å². The van der Waals surface area contributed by atoms with Gasteiger partial charge in [0.2, 0.25) is 0 Å². The summed E-state index contributed by atoms with van der Waals surface area (Å²) in [5.41, 5.74) is 5.74. The molecular formula is C6H8IN3. The summed E-state index contributed by atoms with van der Waals surface area (Å²) in [6, 6.07) is 0.600. The van der Waals surface area contributed by atoms with Gasteiger partial charge in [-0.05, 0) is 35.4 Å². The lowest BCUT2D eigenvalue weighted by Gasteiger charge is -1.98. The lowest BCUT2D eigenvalue weighted by atomic mass is 10.6. The maximum Gasteiger partial charge on any atom is 0.135 e. The summed E-state index contributed by atoms with van der Waals surface area (Å²) in [4.78, 5) is 0. The lowest BCUT2D eigenvalue weighted by molar-refractivity contribution is 0.651. The van der Waals surface area contributed by atoms with E-state index in [0.717, 1.165) is 9.39 Å². The van der Waals surface area contributed by atoms with Gasteiger partial charge >= 0.3 is 0 Å². The van der Waals surface area contributed by atoms with Crippen LogP contribution >= 0.6 is 22.6 Å². The van der Waals surface area contributed by atoms with Crippen LogP contribution in [0.5, 0.6) is 0 Å². The lowest BCUT2D eigenvalue weighted by Crippen LogP contribution is -2.01. The molecule has 0 atom stereocenters. The number of nitrogens with two attached hydrogens (primary N) is 1. The van der Waals surface area contributed by atoms with Crippen molar-refractivity contribution >= 4 is 28.4 Å². The molecular weight excluding hydrogens is 241 g/mol. The Labute approximate surface area is 72.7 Å². The van der Waals surface area contributed by atoms with Gasteiger partial charge in [-0.3, -0.25) is 0 Å². The van der Waals surface area contributed by atoms with E-state index < -0.39 is 0 Å². The van der Waals surface area contributed by atoms with Gasteiger partial charge in [0.05, 0.1) is 15.8 Å². The van der Waals surface area contributed by atoms with Gasteiger partial charge in [0.15, 0.2) is 0 Å². The van der Waals surface area contributed by atoms with E-state index in [0.29, 0.717) is 6.04 Å². The molecule has 10 heavy (non-hydrogen) atoms. The van der Waals surface area contributed by atoms with E-state index in [1.165, 1.54) is 12.8 Å². The van der Waals surface area contributed by atoms with Gasteiger partial charge in [-0.2, -0.15) is 5.10 Å². The van der Waals surface area contributed by atoms with Crippen LogP contribution in [-0.2, 0) is 0 Å². The fourth-order valence-electron chi connectivity index (χ4n) is 0.961. The molecule has 1 aromatic heterocycles. The van der Waals surface area contributed by atoms with E-state index in [1.54, 1.807) is 0 Å². The highest BCUT2D eigenvalue weighted by Crippen LogP contribution is 2.36. The first-order valence-electron chi connectivity index (χ1n) is 3.27. The van der Waals surface area contributed by atoms with E-state index in [-0.39, 0.29) is 0 Å². The summed E-state index contributed by atoms with van der Waals surface area (Å²) in [7, 11) is 0. The van der Waals surface area contributed by atoms with Crippen molar-refractivity contribution in [3.63, 3.8) is 0 Å². The molecule has 0 radical (unpaired) electrons. The maximum absolute atomic E-state index is 5.74. The van der Waals surface area contributed by atoms with Crippen LogP contribution in [0.15, 0.2) is 6.20 Å². The SMILES string of the molecule is Nc1c(I)cnn1C1CC1. The molecule has 0 aliphatic heterocycles. The summed E-state index contributed by atoms with van der Waals surface area (Å²) >= 11 is 2.20. The van der Waals surface area contributed by atoms with Gasteiger partial charge in [0, 0.05) is 0 Å². The van der Waals surface area contributed by atoms with Crippen molar-refractivity contribution in [2.75, 3.05) is 5.73 Å². The van der Waals surface area contributed by atoms with Crippen molar-refractivity contribution in [2.45, 2.75) is 18.9 Å². The smallest absolute Gasteiger partial charge is 0.135 e. The quantitative estimate of drug-likeness (QED) is 0.764. The minimum atomic E-state index is 0.600. The second kappa shape index (κ2) is 2.11. The van der Waals surface area contributed by atoms with Crippen LogP contribution in [-0.4, -0.2) is 9.78 Å². The number of nitrogen functional groups attached to an aromatic ring is 1. The molecule has 1 fully saturated rings. The van der Waals surface area contributed by atoms with Crippen LogP contribution in [0, 0.1) is 3.57 Å². The predicted octanol–water partition coefficient (Wildman–Crippen LogP) is 1.40. The van der Waals surface area contributed by atoms with Gasteiger partial charge in [-0.25, -0.2) is 4.68 Å². The average molecular weight is 249 g/mol. The third-order valence-electron chi connectivity index (χ3n) is 1.68. The first kappa shape index (κ1) is 6.45. The number of halogens is 1. The molecule has 4 heteroatoms. The topological polar surface area (TPSA) is 43.8 Å². The van der Waals surface area contributed by atoms with Crippen molar-refractivity contribution in [3.8, 4) is 0 Å². The van der Waals surface area contributed by atoms with E-state index in [4.69, 9.17) is 5.73 Å². The van der Waals surface area contributed by atoms with Crippen molar-refractivity contribution in [2.24, 2.45) is 0 Å². The minimum absolute atomic E-state index is 0.600. The highest BCUT2D eigenvalue weighted by molar-refractivity contribution is 14.1. The molecule has 1 heterocycles. The fourth-order valence-corrected chi connectivity index (χ4v) is 1.33. The second-order valence-electron chi connectivity index (χ2n) is 2.55. The minimum Gasteiger partial charge on any atom is -0.383 e. The Bertz CT molecular complexity index is 251. The molecule has 0 amide bonds. The zero-order valence-corrected chi connectivity index (χ0v) is 7.58. The molecule has 2 rings (SSSR count).